The molecule has 0 unspecified atom stereocenters. The highest BCUT2D eigenvalue weighted by Crippen LogP contribution is 2.33. The van der Waals surface area contributed by atoms with Crippen LogP contribution in [0.15, 0.2) is 58.3 Å². The average Bonchev–Trinajstić information content (AvgIpc) is 2.58. The zero-order valence-electron chi connectivity index (χ0n) is 13.3. The van der Waals surface area contributed by atoms with Gasteiger partial charge in [0.25, 0.3) is 0 Å². The van der Waals surface area contributed by atoms with Gasteiger partial charge in [-0.2, -0.15) is 0 Å². The van der Waals surface area contributed by atoms with Crippen molar-refractivity contribution < 1.29 is 5.11 Å². The Morgan fingerprint density at radius 2 is 1.39 bits per heavy atom. The summed E-state index contributed by atoms with van der Waals surface area (Å²) in [6, 6.07) is 16.8. The third kappa shape index (κ3) is 4.98. The molecule has 0 aliphatic carbocycles. The van der Waals surface area contributed by atoms with Gasteiger partial charge in [-0.15, -0.1) is 12.4 Å². The van der Waals surface area contributed by atoms with E-state index >= 15 is 0 Å². The third-order valence-electron chi connectivity index (χ3n) is 4.18. The Labute approximate surface area is 149 Å². The topological polar surface area (TPSA) is 23.5 Å². The van der Waals surface area contributed by atoms with Gasteiger partial charge in [-0.25, -0.2) is 0 Å². The summed E-state index contributed by atoms with van der Waals surface area (Å²) in [5.74, 6) is 0. The summed E-state index contributed by atoms with van der Waals surface area (Å²) >= 11 is 1.77. The van der Waals surface area contributed by atoms with E-state index in [4.69, 9.17) is 0 Å². The molecule has 1 aliphatic rings. The lowest BCUT2D eigenvalue weighted by molar-refractivity contribution is 0.219. The van der Waals surface area contributed by atoms with Gasteiger partial charge in [-0.1, -0.05) is 54.6 Å². The SMILES string of the molecule is Cl.OCc1ccccc1Sc1ccccc1CN1CCCCC1. The molecule has 0 saturated carbocycles. The summed E-state index contributed by atoms with van der Waals surface area (Å²) < 4.78 is 0. The zero-order chi connectivity index (χ0) is 15.2. The van der Waals surface area contributed by atoms with Crippen molar-refractivity contribution in [2.24, 2.45) is 0 Å². The van der Waals surface area contributed by atoms with Gasteiger partial charge >= 0.3 is 0 Å². The fraction of sp³-hybridized carbons (Fsp3) is 0.368. The minimum absolute atomic E-state index is 0. The molecule has 0 radical (unpaired) electrons. The second-order valence-electron chi connectivity index (χ2n) is 5.81. The molecule has 23 heavy (non-hydrogen) atoms. The number of hydrogen-bond acceptors (Lipinski definition) is 3. The van der Waals surface area contributed by atoms with Crippen LogP contribution in [0.1, 0.15) is 30.4 Å². The van der Waals surface area contributed by atoms with Gasteiger partial charge in [-0.3, -0.25) is 4.90 Å². The number of likely N-dealkylation sites (tertiary alicyclic amines) is 1. The lowest BCUT2D eigenvalue weighted by atomic mass is 10.1. The minimum atomic E-state index is 0. The zero-order valence-corrected chi connectivity index (χ0v) is 14.9. The maximum absolute atomic E-state index is 9.51. The van der Waals surface area contributed by atoms with Gasteiger partial charge in [0, 0.05) is 16.3 Å². The molecule has 1 saturated heterocycles. The Hall–Kier alpha value is -1.00. The van der Waals surface area contributed by atoms with E-state index < -0.39 is 0 Å². The summed E-state index contributed by atoms with van der Waals surface area (Å²) in [5.41, 5.74) is 2.39. The van der Waals surface area contributed by atoms with Crippen molar-refractivity contribution in [1.82, 2.24) is 4.90 Å². The maximum atomic E-state index is 9.51. The van der Waals surface area contributed by atoms with Crippen LogP contribution >= 0.6 is 24.2 Å². The van der Waals surface area contributed by atoms with Crippen molar-refractivity contribution in [3.05, 3.63) is 59.7 Å². The van der Waals surface area contributed by atoms with Crippen LogP contribution < -0.4 is 0 Å². The summed E-state index contributed by atoms with van der Waals surface area (Å²) in [5, 5.41) is 9.51. The quantitative estimate of drug-likeness (QED) is 0.843. The molecule has 1 N–H and O–H groups in total. The van der Waals surface area contributed by atoms with E-state index in [9.17, 15) is 5.11 Å². The van der Waals surface area contributed by atoms with Crippen LogP contribution in [0, 0.1) is 0 Å². The Morgan fingerprint density at radius 1 is 0.826 bits per heavy atom. The van der Waals surface area contributed by atoms with E-state index in [2.05, 4.69) is 35.2 Å². The Kier molecular flexibility index (Phi) is 7.44. The van der Waals surface area contributed by atoms with Crippen LogP contribution in [0.25, 0.3) is 0 Å². The fourth-order valence-corrected chi connectivity index (χ4v) is 4.00. The minimum Gasteiger partial charge on any atom is -0.392 e. The van der Waals surface area contributed by atoms with Crippen molar-refractivity contribution in [1.29, 1.82) is 0 Å². The molecule has 2 aromatic carbocycles. The first-order chi connectivity index (χ1) is 10.9. The van der Waals surface area contributed by atoms with Crippen LogP contribution in [0.2, 0.25) is 0 Å². The van der Waals surface area contributed by atoms with Crippen molar-refractivity contribution in [2.75, 3.05) is 13.1 Å². The predicted octanol–water partition coefficient (Wildman–Crippen LogP) is 4.74. The summed E-state index contributed by atoms with van der Waals surface area (Å²) in [6.07, 6.45) is 4.02. The first-order valence-corrected chi connectivity index (χ1v) is 8.85. The van der Waals surface area contributed by atoms with Crippen LogP contribution in [0.3, 0.4) is 0 Å². The van der Waals surface area contributed by atoms with E-state index in [1.165, 1.54) is 42.8 Å². The second kappa shape index (κ2) is 9.33. The molecule has 1 aliphatic heterocycles. The molecule has 0 bridgehead atoms. The number of piperidine rings is 1. The summed E-state index contributed by atoms with van der Waals surface area (Å²) in [7, 11) is 0. The molecule has 1 heterocycles. The Balaban J connectivity index is 0.00000192. The Bertz CT molecular complexity index is 614. The normalized spacial score (nSPS) is 15.2. The lowest BCUT2D eigenvalue weighted by Gasteiger charge is -2.27. The van der Waals surface area contributed by atoms with E-state index in [0.29, 0.717) is 0 Å². The van der Waals surface area contributed by atoms with Crippen molar-refractivity contribution in [3.63, 3.8) is 0 Å². The fourth-order valence-electron chi connectivity index (χ4n) is 2.94. The monoisotopic (exact) mass is 349 g/mol. The molecule has 0 spiro atoms. The van der Waals surface area contributed by atoms with E-state index in [-0.39, 0.29) is 19.0 Å². The van der Waals surface area contributed by atoms with Crippen molar-refractivity contribution in [3.8, 4) is 0 Å². The number of hydrogen-bond donors (Lipinski definition) is 1. The maximum Gasteiger partial charge on any atom is 0.0692 e. The average molecular weight is 350 g/mol. The standard InChI is InChI=1S/C19H23NOS.ClH/c21-15-17-9-3-5-11-19(17)22-18-10-4-2-8-16(18)14-20-12-6-1-7-13-20;/h2-5,8-11,21H,1,6-7,12-15H2;1H. The highest BCUT2D eigenvalue weighted by atomic mass is 35.5. The molecule has 2 aromatic rings. The van der Waals surface area contributed by atoms with Gasteiger partial charge in [-0.05, 0) is 49.2 Å². The number of aliphatic hydroxyl groups excluding tert-OH is 1. The highest BCUT2D eigenvalue weighted by molar-refractivity contribution is 7.99. The van der Waals surface area contributed by atoms with E-state index in [1.54, 1.807) is 11.8 Å². The van der Waals surface area contributed by atoms with Crippen LogP contribution in [-0.2, 0) is 13.2 Å². The lowest BCUT2D eigenvalue weighted by Crippen LogP contribution is -2.29. The van der Waals surface area contributed by atoms with Gasteiger partial charge < -0.3 is 5.11 Å². The van der Waals surface area contributed by atoms with Crippen LogP contribution in [0.4, 0.5) is 0 Å². The number of benzene rings is 2. The van der Waals surface area contributed by atoms with Gasteiger partial charge in [0.1, 0.15) is 0 Å². The van der Waals surface area contributed by atoms with E-state index in [1.807, 2.05) is 18.2 Å². The Morgan fingerprint density at radius 3 is 2.04 bits per heavy atom. The first kappa shape index (κ1) is 18.3. The summed E-state index contributed by atoms with van der Waals surface area (Å²) in [6.45, 7) is 3.56. The molecule has 3 rings (SSSR count). The molecule has 4 heteroatoms. The molecule has 0 aromatic heterocycles. The van der Waals surface area contributed by atoms with E-state index in [0.717, 1.165) is 17.0 Å². The summed E-state index contributed by atoms with van der Waals surface area (Å²) in [4.78, 5) is 5.01. The molecule has 0 atom stereocenters. The smallest absolute Gasteiger partial charge is 0.0692 e. The molecule has 2 nitrogen and oxygen atoms in total. The first-order valence-electron chi connectivity index (χ1n) is 8.03. The molecule has 0 amide bonds. The molecular formula is C19H24ClNOS. The highest BCUT2D eigenvalue weighted by Gasteiger charge is 2.13. The van der Waals surface area contributed by atoms with Gasteiger partial charge in [0.15, 0.2) is 0 Å². The van der Waals surface area contributed by atoms with Gasteiger partial charge in [0.2, 0.25) is 0 Å². The molecule has 1 fully saturated rings. The van der Waals surface area contributed by atoms with Gasteiger partial charge in [0.05, 0.1) is 6.61 Å². The van der Waals surface area contributed by atoms with Crippen LogP contribution in [-0.4, -0.2) is 23.1 Å². The predicted molar refractivity (Wildman–Crippen MR) is 99.3 cm³/mol. The van der Waals surface area contributed by atoms with Crippen molar-refractivity contribution in [2.45, 2.75) is 42.2 Å². The number of aliphatic hydroxyl groups is 1. The van der Waals surface area contributed by atoms with Crippen molar-refractivity contribution >= 4 is 24.2 Å². The third-order valence-corrected chi connectivity index (χ3v) is 5.41. The second-order valence-corrected chi connectivity index (χ2v) is 6.90. The molecule has 124 valence electrons. The largest absolute Gasteiger partial charge is 0.392 e. The number of nitrogens with zero attached hydrogens (tertiary/aromatic N) is 1. The van der Waals surface area contributed by atoms with Crippen LogP contribution in [0.5, 0.6) is 0 Å². The molecular weight excluding hydrogens is 326 g/mol. The number of halogens is 1. The number of rotatable bonds is 5.